The van der Waals surface area contributed by atoms with Crippen LogP contribution in [0.1, 0.15) is 47.0 Å². The molecule has 1 atom stereocenters. The normalized spacial score (nSPS) is 13.5. The predicted octanol–water partition coefficient (Wildman–Crippen LogP) is 2.75. The van der Waals surface area contributed by atoms with Crippen LogP contribution in [-0.2, 0) is 4.74 Å². The second kappa shape index (κ2) is 11.9. The van der Waals surface area contributed by atoms with Gasteiger partial charge < -0.3 is 15.4 Å². The fourth-order valence-electron chi connectivity index (χ4n) is 2.37. The van der Waals surface area contributed by atoms with Gasteiger partial charge in [0, 0.05) is 13.2 Å². The average Bonchev–Trinajstić information content (AvgIpc) is 2.35. The third kappa shape index (κ3) is 8.90. The van der Waals surface area contributed by atoms with Crippen LogP contribution >= 0.6 is 0 Å². The molecular weight excluding hydrogens is 224 g/mol. The van der Waals surface area contributed by atoms with Crippen LogP contribution < -0.4 is 5.73 Å². The number of rotatable bonds is 12. The van der Waals surface area contributed by atoms with Crippen molar-refractivity contribution >= 4 is 0 Å². The Bertz CT molecular complexity index is 174. The summed E-state index contributed by atoms with van der Waals surface area (Å²) < 4.78 is 5.41. The lowest BCUT2D eigenvalue weighted by Crippen LogP contribution is -2.29. The van der Waals surface area contributed by atoms with E-state index >= 15 is 0 Å². The number of ether oxygens (including phenoxy) is 1. The van der Waals surface area contributed by atoms with Crippen molar-refractivity contribution in [2.24, 2.45) is 17.6 Å². The predicted molar refractivity (Wildman–Crippen MR) is 79.8 cm³/mol. The molecule has 0 aromatic rings. The van der Waals surface area contributed by atoms with Crippen molar-refractivity contribution in [3.05, 3.63) is 0 Å². The minimum absolute atomic E-state index is 0.757. The van der Waals surface area contributed by atoms with Crippen LogP contribution in [0.25, 0.3) is 0 Å². The van der Waals surface area contributed by atoms with Gasteiger partial charge in [-0.25, -0.2) is 0 Å². The maximum absolute atomic E-state index is 5.68. The highest BCUT2D eigenvalue weighted by atomic mass is 16.5. The molecule has 1 unspecified atom stereocenters. The van der Waals surface area contributed by atoms with E-state index in [1.165, 1.54) is 25.8 Å². The largest absolute Gasteiger partial charge is 0.380 e. The molecule has 0 saturated carbocycles. The summed E-state index contributed by atoms with van der Waals surface area (Å²) in [5.41, 5.74) is 5.68. The molecule has 0 fully saturated rings. The summed E-state index contributed by atoms with van der Waals surface area (Å²) in [6, 6.07) is 0. The molecule has 0 rings (SSSR count). The van der Waals surface area contributed by atoms with Gasteiger partial charge in [-0.1, -0.05) is 20.8 Å². The molecule has 3 nitrogen and oxygen atoms in total. The lowest BCUT2D eigenvalue weighted by Gasteiger charge is -2.24. The first-order valence-electron chi connectivity index (χ1n) is 7.65. The van der Waals surface area contributed by atoms with E-state index in [1.807, 2.05) is 0 Å². The van der Waals surface area contributed by atoms with Gasteiger partial charge in [0.15, 0.2) is 0 Å². The van der Waals surface area contributed by atoms with Gasteiger partial charge in [-0.3, -0.25) is 0 Å². The maximum atomic E-state index is 5.68. The Morgan fingerprint density at radius 3 is 2.33 bits per heavy atom. The van der Waals surface area contributed by atoms with Crippen LogP contribution in [0.15, 0.2) is 0 Å². The Morgan fingerprint density at radius 1 is 1.11 bits per heavy atom. The molecule has 0 amide bonds. The summed E-state index contributed by atoms with van der Waals surface area (Å²) in [6.45, 7) is 14.8. The summed E-state index contributed by atoms with van der Waals surface area (Å²) in [5.74, 6) is 1.55. The molecule has 0 aliphatic heterocycles. The van der Waals surface area contributed by atoms with Crippen molar-refractivity contribution in [3.63, 3.8) is 0 Å². The molecule has 0 aliphatic rings. The van der Waals surface area contributed by atoms with Crippen LogP contribution in [0.2, 0.25) is 0 Å². The minimum Gasteiger partial charge on any atom is -0.380 e. The van der Waals surface area contributed by atoms with Gasteiger partial charge in [-0.15, -0.1) is 0 Å². The van der Waals surface area contributed by atoms with E-state index in [0.717, 1.165) is 44.7 Å². The highest BCUT2D eigenvalue weighted by Gasteiger charge is 2.12. The molecule has 0 radical (unpaired) electrons. The quantitative estimate of drug-likeness (QED) is 0.547. The SMILES string of the molecule is CCOCCN(CC)CCCC(CCN)C(C)C. The molecule has 0 aliphatic carbocycles. The number of nitrogens with two attached hydrogens (primary N) is 1. The van der Waals surface area contributed by atoms with Crippen molar-refractivity contribution in [3.8, 4) is 0 Å². The Balaban J connectivity index is 3.75. The molecule has 2 N–H and O–H groups in total. The van der Waals surface area contributed by atoms with E-state index in [9.17, 15) is 0 Å². The molecule has 0 spiro atoms. The highest BCUT2D eigenvalue weighted by molar-refractivity contribution is 4.65. The molecule has 3 heteroatoms. The summed E-state index contributed by atoms with van der Waals surface area (Å²) in [7, 11) is 0. The van der Waals surface area contributed by atoms with Crippen molar-refractivity contribution in [2.45, 2.75) is 47.0 Å². The Labute approximate surface area is 114 Å². The van der Waals surface area contributed by atoms with Crippen LogP contribution in [0.4, 0.5) is 0 Å². The van der Waals surface area contributed by atoms with Crippen molar-refractivity contribution < 1.29 is 4.74 Å². The Kier molecular flexibility index (Phi) is 11.9. The molecule has 0 aromatic heterocycles. The van der Waals surface area contributed by atoms with Crippen LogP contribution in [0.3, 0.4) is 0 Å². The summed E-state index contributed by atoms with van der Waals surface area (Å²) in [5, 5.41) is 0. The van der Waals surface area contributed by atoms with Crippen molar-refractivity contribution in [2.75, 3.05) is 39.4 Å². The number of hydrogen-bond donors (Lipinski definition) is 1. The van der Waals surface area contributed by atoms with Crippen LogP contribution in [0, 0.1) is 11.8 Å². The van der Waals surface area contributed by atoms with Gasteiger partial charge in [0.1, 0.15) is 0 Å². The molecular formula is C15H34N2O. The molecule has 0 heterocycles. The first-order chi connectivity index (χ1) is 8.65. The Hall–Kier alpha value is -0.120. The number of likely N-dealkylation sites (N-methyl/N-ethyl adjacent to an activating group) is 1. The lowest BCUT2D eigenvalue weighted by atomic mass is 9.88. The van der Waals surface area contributed by atoms with Gasteiger partial charge in [0.2, 0.25) is 0 Å². The standard InChI is InChI=1S/C15H34N2O/c1-5-17(12-13-18-6-2)11-7-8-15(9-10-16)14(3)4/h14-15H,5-13,16H2,1-4H3. The van der Waals surface area contributed by atoms with E-state index in [2.05, 4.69) is 32.6 Å². The van der Waals surface area contributed by atoms with Gasteiger partial charge in [0.25, 0.3) is 0 Å². The van der Waals surface area contributed by atoms with Gasteiger partial charge in [-0.05, 0) is 57.7 Å². The maximum Gasteiger partial charge on any atom is 0.0593 e. The van der Waals surface area contributed by atoms with E-state index in [-0.39, 0.29) is 0 Å². The second-order valence-corrected chi connectivity index (χ2v) is 5.35. The number of nitrogens with zero attached hydrogens (tertiary/aromatic N) is 1. The van der Waals surface area contributed by atoms with E-state index in [4.69, 9.17) is 10.5 Å². The first-order valence-corrected chi connectivity index (χ1v) is 7.65. The first kappa shape index (κ1) is 17.9. The van der Waals surface area contributed by atoms with Gasteiger partial charge >= 0.3 is 0 Å². The van der Waals surface area contributed by atoms with Crippen molar-refractivity contribution in [1.29, 1.82) is 0 Å². The van der Waals surface area contributed by atoms with Gasteiger partial charge in [0.05, 0.1) is 6.61 Å². The van der Waals surface area contributed by atoms with Gasteiger partial charge in [-0.2, -0.15) is 0 Å². The zero-order chi connectivity index (χ0) is 13.8. The lowest BCUT2D eigenvalue weighted by molar-refractivity contribution is 0.113. The third-order valence-corrected chi connectivity index (χ3v) is 3.73. The molecule has 0 bridgehead atoms. The van der Waals surface area contributed by atoms with Crippen LogP contribution in [0.5, 0.6) is 0 Å². The summed E-state index contributed by atoms with van der Waals surface area (Å²) >= 11 is 0. The summed E-state index contributed by atoms with van der Waals surface area (Å²) in [6.07, 6.45) is 3.76. The fraction of sp³-hybridized carbons (Fsp3) is 1.00. The number of hydrogen-bond acceptors (Lipinski definition) is 3. The summed E-state index contributed by atoms with van der Waals surface area (Å²) in [4.78, 5) is 2.48. The average molecular weight is 258 g/mol. The minimum atomic E-state index is 0.757. The van der Waals surface area contributed by atoms with Crippen LogP contribution in [-0.4, -0.2) is 44.3 Å². The Morgan fingerprint density at radius 2 is 1.83 bits per heavy atom. The molecule has 0 saturated heterocycles. The highest BCUT2D eigenvalue weighted by Crippen LogP contribution is 2.20. The zero-order valence-corrected chi connectivity index (χ0v) is 13.0. The van der Waals surface area contributed by atoms with Crippen molar-refractivity contribution in [1.82, 2.24) is 4.90 Å². The topological polar surface area (TPSA) is 38.5 Å². The monoisotopic (exact) mass is 258 g/mol. The molecule has 18 heavy (non-hydrogen) atoms. The van der Waals surface area contributed by atoms with E-state index < -0.39 is 0 Å². The fourth-order valence-corrected chi connectivity index (χ4v) is 2.37. The van der Waals surface area contributed by atoms with E-state index in [0.29, 0.717) is 0 Å². The molecule has 0 aromatic carbocycles. The zero-order valence-electron chi connectivity index (χ0n) is 13.0. The van der Waals surface area contributed by atoms with E-state index in [1.54, 1.807) is 0 Å². The second-order valence-electron chi connectivity index (χ2n) is 5.35. The molecule has 110 valence electrons. The smallest absolute Gasteiger partial charge is 0.0593 e. The third-order valence-electron chi connectivity index (χ3n) is 3.73.